The highest BCUT2D eigenvalue weighted by molar-refractivity contribution is 6.42. The predicted molar refractivity (Wildman–Crippen MR) is 97.6 cm³/mol. The minimum atomic E-state index is -3.15. The third-order valence-electron chi connectivity index (χ3n) is 4.25. The Labute approximate surface area is 173 Å². The molecule has 2 rings (SSSR count). The second-order valence-electron chi connectivity index (χ2n) is 5.82. The summed E-state index contributed by atoms with van der Waals surface area (Å²) in [6, 6.07) is 1.83. The number of hydrogen-bond acceptors (Lipinski definition) is 3. The number of carboxylic acids is 1. The van der Waals surface area contributed by atoms with Gasteiger partial charge in [-0.2, -0.15) is 0 Å². The zero-order valence-electron chi connectivity index (χ0n) is 14.0. The van der Waals surface area contributed by atoms with Gasteiger partial charge in [0.15, 0.2) is 11.1 Å². The standard InChI is InChI=1S/C16H14Cl4F3NO3/c1-3-9(14(25)26)27-10-4-6(8(21)5-7(10)17)11-12(18)13(19)24(2)16(11,20)15(22)23/h4-5,9,11,15H,3H2,1-2H3,(H,25,26). The van der Waals surface area contributed by atoms with Crippen LogP contribution in [0.2, 0.25) is 5.02 Å². The van der Waals surface area contributed by atoms with E-state index >= 15 is 0 Å². The van der Waals surface area contributed by atoms with Crippen molar-refractivity contribution in [1.82, 2.24) is 4.90 Å². The molecule has 0 aromatic heterocycles. The van der Waals surface area contributed by atoms with E-state index < -0.39 is 35.2 Å². The van der Waals surface area contributed by atoms with E-state index in [9.17, 15) is 18.0 Å². The van der Waals surface area contributed by atoms with Gasteiger partial charge in [0, 0.05) is 12.6 Å². The second kappa shape index (κ2) is 8.15. The van der Waals surface area contributed by atoms with Gasteiger partial charge in [0.25, 0.3) is 6.43 Å². The van der Waals surface area contributed by atoms with Crippen molar-refractivity contribution in [2.45, 2.75) is 36.8 Å². The molecule has 0 fully saturated rings. The molecule has 150 valence electrons. The monoisotopic (exact) mass is 465 g/mol. The second-order valence-corrected chi connectivity index (χ2v) is 7.59. The Morgan fingerprint density at radius 2 is 1.96 bits per heavy atom. The first-order valence-corrected chi connectivity index (χ1v) is 9.12. The normalized spacial score (nSPS) is 23.9. The fraction of sp³-hybridized carbons (Fsp3) is 0.438. The maximum Gasteiger partial charge on any atom is 0.344 e. The van der Waals surface area contributed by atoms with Gasteiger partial charge < -0.3 is 14.7 Å². The molecule has 1 aromatic rings. The molecule has 11 heteroatoms. The van der Waals surface area contributed by atoms with Gasteiger partial charge in [-0.15, -0.1) is 0 Å². The number of alkyl halides is 3. The summed E-state index contributed by atoms with van der Waals surface area (Å²) in [5, 5.41) is 8.34. The third-order valence-corrected chi connectivity index (χ3v) is 6.13. The molecule has 0 saturated heterocycles. The van der Waals surface area contributed by atoms with E-state index in [1.54, 1.807) is 6.92 Å². The summed E-state index contributed by atoms with van der Waals surface area (Å²) in [7, 11) is 1.20. The molecule has 0 bridgehead atoms. The summed E-state index contributed by atoms with van der Waals surface area (Å²) < 4.78 is 47.4. The fourth-order valence-corrected chi connectivity index (χ4v) is 4.01. The average Bonchev–Trinajstić information content (AvgIpc) is 2.76. The number of halogens is 7. The molecule has 1 aliphatic heterocycles. The zero-order valence-corrected chi connectivity index (χ0v) is 17.0. The molecule has 27 heavy (non-hydrogen) atoms. The van der Waals surface area contributed by atoms with Crippen LogP contribution in [0, 0.1) is 5.82 Å². The molecule has 4 nitrogen and oxygen atoms in total. The van der Waals surface area contributed by atoms with Crippen molar-refractivity contribution in [3.05, 3.63) is 38.7 Å². The largest absolute Gasteiger partial charge is 0.479 e. The number of rotatable bonds is 6. The molecule has 3 unspecified atom stereocenters. The highest BCUT2D eigenvalue weighted by atomic mass is 35.5. The maximum atomic E-state index is 14.6. The fourth-order valence-electron chi connectivity index (χ4n) is 2.75. The molecule has 0 aliphatic carbocycles. The van der Waals surface area contributed by atoms with Crippen molar-refractivity contribution >= 4 is 52.4 Å². The maximum absolute atomic E-state index is 14.6. The number of carboxylic acid groups (broad SMARTS) is 1. The van der Waals surface area contributed by atoms with Crippen molar-refractivity contribution in [2.24, 2.45) is 0 Å². The van der Waals surface area contributed by atoms with Crippen LogP contribution >= 0.6 is 46.4 Å². The van der Waals surface area contributed by atoms with Crippen molar-refractivity contribution in [2.75, 3.05) is 7.05 Å². The summed E-state index contributed by atoms with van der Waals surface area (Å²) in [4.78, 5) is 9.58. The van der Waals surface area contributed by atoms with Gasteiger partial charge in [0.2, 0.25) is 0 Å². The smallest absolute Gasteiger partial charge is 0.344 e. The van der Waals surface area contributed by atoms with Crippen molar-refractivity contribution in [1.29, 1.82) is 0 Å². The number of ether oxygens (including phenoxy) is 1. The Balaban J connectivity index is 2.60. The lowest BCUT2D eigenvalue weighted by Crippen LogP contribution is -2.47. The minimum Gasteiger partial charge on any atom is -0.479 e. The van der Waals surface area contributed by atoms with Crippen LogP contribution in [0.25, 0.3) is 0 Å². The molecule has 3 atom stereocenters. The third kappa shape index (κ3) is 3.79. The number of carbonyl (C=O) groups is 1. The van der Waals surface area contributed by atoms with Gasteiger partial charge >= 0.3 is 5.97 Å². The molecule has 1 heterocycles. The first-order chi connectivity index (χ1) is 12.5. The van der Waals surface area contributed by atoms with Crippen LogP contribution in [0.5, 0.6) is 5.75 Å². The van der Waals surface area contributed by atoms with E-state index in [2.05, 4.69) is 0 Å². The van der Waals surface area contributed by atoms with Crippen LogP contribution in [0.1, 0.15) is 24.8 Å². The quantitative estimate of drug-likeness (QED) is 0.438. The van der Waals surface area contributed by atoms with Crippen LogP contribution in [0.4, 0.5) is 13.2 Å². The highest BCUT2D eigenvalue weighted by Gasteiger charge is 2.57. The van der Waals surface area contributed by atoms with Gasteiger partial charge in [-0.25, -0.2) is 18.0 Å². The van der Waals surface area contributed by atoms with Crippen LogP contribution in [-0.2, 0) is 4.79 Å². The summed E-state index contributed by atoms with van der Waals surface area (Å²) in [5.74, 6) is -3.97. The number of likely N-dealkylation sites (N-methyl/N-ethyl adjacent to an activating group) is 1. The summed E-state index contributed by atoms with van der Waals surface area (Å²) in [6.45, 7) is 1.56. The summed E-state index contributed by atoms with van der Waals surface area (Å²) in [6.07, 6.45) is -4.33. The molecule has 1 aliphatic rings. The molecular formula is C16H14Cl4F3NO3. The number of aliphatic carboxylic acids is 1. The van der Waals surface area contributed by atoms with Crippen molar-refractivity contribution < 1.29 is 27.8 Å². The first kappa shape index (κ1) is 22.3. The van der Waals surface area contributed by atoms with Crippen molar-refractivity contribution in [3.8, 4) is 5.75 Å². The van der Waals surface area contributed by atoms with E-state index in [4.69, 9.17) is 56.2 Å². The molecular weight excluding hydrogens is 453 g/mol. The molecule has 0 amide bonds. The SMILES string of the molecule is CCC(Oc1cc(C2C(Cl)=C(Cl)N(C)C2(Cl)C(F)F)c(F)cc1Cl)C(=O)O. The van der Waals surface area contributed by atoms with E-state index in [-0.39, 0.29) is 32.9 Å². The van der Waals surface area contributed by atoms with Crippen LogP contribution < -0.4 is 4.74 Å². The summed E-state index contributed by atoms with van der Waals surface area (Å²) in [5.41, 5.74) is -0.350. The summed E-state index contributed by atoms with van der Waals surface area (Å²) >= 11 is 24.1. The van der Waals surface area contributed by atoms with E-state index in [0.717, 1.165) is 17.0 Å². The van der Waals surface area contributed by atoms with Gasteiger partial charge in [-0.3, -0.25) is 0 Å². The Kier molecular flexibility index (Phi) is 6.72. The highest BCUT2D eigenvalue weighted by Crippen LogP contribution is 2.56. The lowest BCUT2D eigenvalue weighted by Gasteiger charge is -2.36. The molecule has 0 saturated carbocycles. The Morgan fingerprint density at radius 3 is 2.44 bits per heavy atom. The molecule has 1 N–H and O–H groups in total. The first-order valence-electron chi connectivity index (χ1n) is 7.61. The van der Waals surface area contributed by atoms with E-state index in [0.29, 0.717) is 0 Å². The molecule has 0 radical (unpaired) electrons. The Morgan fingerprint density at radius 1 is 1.37 bits per heavy atom. The van der Waals surface area contributed by atoms with Crippen LogP contribution in [0.15, 0.2) is 22.3 Å². The van der Waals surface area contributed by atoms with Gasteiger partial charge in [-0.1, -0.05) is 53.3 Å². The number of benzene rings is 1. The lowest BCUT2D eigenvalue weighted by atomic mass is 9.91. The van der Waals surface area contributed by atoms with Gasteiger partial charge in [-0.05, 0) is 18.6 Å². The van der Waals surface area contributed by atoms with Crippen LogP contribution in [0.3, 0.4) is 0 Å². The van der Waals surface area contributed by atoms with E-state index in [1.807, 2.05) is 0 Å². The minimum absolute atomic E-state index is 0.0908. The van der Waals surface area contributed by atoms with Gasteiger partial charge in [0.1, 0.15) is 16.7 Å². The average molecular weight is 467 g/mol. The van der Waals surface area contributed by atoms with Crippen molar-refractivity contribution in [3.63, 3.8) is 0 Å². The number of nitrogens with zero attached hydrogens (tertiary/aromatic N) is 1. The Hall–Kier alpha value is -1.02. The molecule has 1 aromatic carbocycles. The zero-order chi connectivity index (χ0) is 20.7. The number of hydrogen-bond donors (Lipinski definition) is 1. The lowest BCUT2D eigenvalue weighted by molar-refractivity contribution is -0.145. The van der Waals surface area contributed by atoms with E-state index in [1.165, 1.54) is 7.05 Å². The predicted octanol–water partition coefficient (Wildman–Crippen LogP) is 5.60. The topological polar surface area (TPSA) is 49.8 Å². The molecule has 0 spiro atoms. The Bertz CT molecular complexity index is 792. The van der Waals surface area contributed by atoms with Crippen LogP contribution in [-0.4, -0.2) is 40.6 Å². The van der Waals surface area contributed by atoms with Gasteiger partial charge in [0.05, 0.1) is 16.0 Å².